The molecule has 2 N–H and O–H groups in total. The standard InChI is InChI=1S/C19H16F2N4S/c20-13-6-4-12(5-7-13)18-17-16(22-11-23-17)8-9-25(18)19(26)24-15-3-1-2-14(21)10-15/h1-7,10-11,18H,8-9H2,(H,22,23)(H,24,26). The molecule has 0 saturated carbocycles. The molecule has 0 saturated heterocycles. The second-order valence-electron chi connectivity index (χ2n) is 6.10. The third-order valence-corrected chi connectivity index (χ3v) is 4.78. The number of hydrogen-bond acceptors (Lipinski definition) is 2. The highest BCUT2D eigenvalue weighted by Crippen LogP contribution is 2.34. The molecule has 0 spiro atoms. The van der Waals surface area contributed by atoms with Crippen molar-refractivity contribution in [2.75, 3.05) is 11.9 Å². The zero-order valence-electron chi connectivity index (χ0n) is 13.7. The highest BCUT2D eigenvalue weighted by molar-refractivity contribution is 7.80. The fourth-order valence-corrected chi connectivity index (χ4v) is 3.55. The van der Waals surface area contributed by atoms with Crippen LogP contribution in [0.1, 0.15) is 23.0 Å². The maximum atomic E-state index is 13.4. The molecule has 7 heteroatoms. The van der Waals surface area contributed by atoms with Crippen molar-refractivity contribution in [3.05, 3.63) is 83.4 Å². The highest BCUT2D eigenvalue weighted by Gasteiger charge is 2.32. The van der Waals surface area contributed by atoms with Gasteiger partial charge < -0.3 is 15.2 Å². The molecule has 0 radical (unpaired) electrons. The van der Waals surface area contributed by atoms with Crippen LogP contribution in [0.2, 0.25) is 0 Å². The number of thiocarbonyl (C=S) groups is 1. The molecule has 0 fully saturated rings. The molecule has 1 aliphatic rings. The summed E-state index contributed by atoms with van der Waals surface area (Å²) in [4.78, 5) is 9.61. The van der Waals surface area contributed by atoms with Gasteiger partial charge in [-0.2, -0.15) is 0 Å². The Bertz CT molecular complexity index is 939. The monoisotopic (exact) mass is 370 g/mol. The van der Waals surface area contributed by atoms with Gasteiger partial charge in [-0.3, -0.25) is 0 Å². The summed E-state index contributed by atoms with van der Waals surface area (Å²) in [5, 5.41) is 3.56. The van der Waals surface area contributed by atoms with Gasteiger partial charge in [0.25, 0.3) is 0 Å². The number of nitrogens with one attached hydrogen (secondary N) is 2. The minimum absolute atomic E-state index is 0.237. The van der Waals surface area contributed by atoms with Crippen LogP contribution >= 0.6 is 12.2 Å². The number of imidazole rings is 1. The molecule has 2 heterocycles. The number of nitrogens with zero attached hydrogens (tertiary/aromatic N) is 2. The summed E-state index contributed by atoms with van der Waals surface area (Å²) in [6, 6.07) is 12.2. The van der Waals surface area contributed by atoms with Gasteiger partial charge in [0.2, 0.25) is 0 Å². The van der Waals surface area contributed by atoms with E-state index in [4.69, 9.17) is 12.2 Å². The van der Waals surface area contributed by atoms with E-state index in [1.54, 1.807) is 30.6 Å². The number of hydrogen-bond donors (Lipinski definition) is 2. The molecule has 26 heavy (non-hydrogen) atoms. The van der Waals surface area contributed by atoms with Gasteiger partial charge in [-0.1, -0.05) is 18.2 Å². The molecule has 1 unspecified atom stereocenters. The van der Waals surface area contributed by atoms with E-state index in [-0.39, 0.29) is 17.7 Å². The Morgan fingerprint density at radius 2 is 1.96 bits per heavy atom. The first-order valence-electron chi connectivity index (χ1n) is 8.22. The van der Waals surface area contributed by atoms with Crippen LogP contribution in [-0.2, 0) is 6.42 Å². The fourth-order valence-electron chi connectivity index (χ4n) is 3.24. The number of benzene rings is 2. The van der Waals surface area contributed by atoms with Crippen molar-refractivity contribution in [1.82, 2.24) is 14.9 Å². The summed E-state index contributed by atoms with van der Waals surface area (Å²) in [6.45, 7) is 0.665. The first-order valence-corrected chi connectivity index (χ1v) is 8.63. The van der Waals surface area contributed by atoms with E-state index < -0.39 is 0 Å². The summed E-state index contributed by atoms with van der Waals surface area (Å²) in [6.07, 6.45) is 2.42. The number of halogens is 2. The van der Waals surface area contributed by atoms with Gasteiger partial charge in [0.15, 0.2) is 5.11 Å². The van der Waals surface area contributed by atoms with Gasteiger partial charge in [-0.05, 0) is 48.1 Å². The molecule has 0 bridgehead atoms. The van der Waals surface area contributed by atoms with Crippen LogP contribution in [0.4, 0.5) is 14.5 Å². The molecular weight excluding hydrogens is 354 g/mol. The average molecular weight is 370 g/mol. The second-order valence-corrected chi connectivity index (χ2v) is 6.49. The zero-order valence-corrected chi connectivity index (χ0v) is 14.6. The molecule has 4 nitrogen and oxygen atoms in total. The van der Waals surface area contributed by atoms with E-state index in [9.17, 15) is 8.78 Å². The van der Waals surface area contributed by atoms with E-state index in [2.05, 4.69) is 15.3 Å². The number of anilines is 1. The zero-order chi connectivity index (χ0) is 18.1. The average Bonchev–Trinajstić information content (AvgIpc) is 3.10. The molecule has 0 amide bonds. The molecule has 132 valence electrons. The summed E-state index contributed by atoms with van der Waals surface area (Å²) in [5.41, 5.74) is 3.39. The normalized spacial score (nSPS) is 16.2. The van der Waals surface area contributed by atoms with Crippen molar-refractivity contribution in [3.63, 3.8) is 0 Å². The molecule has 1 aliphatic heterocycles. The molecular formula is C19H16F2N4S. The maximum absolute atomic E-state index is 13.4. The lowest BCUT2D eigenvalue weighted by atomic mass is 9.96. The molecule has 4 rings (SSSR count). The number of aromatic amines is 1. The van der Waals surface area contributed by atoms with Crippen LogP contribution in [0.25, 0.3) is 0 Å². The van der Waals surface area contributed by atoms with Gasteiger partial charge >= 0.3 is 0 Å². The summed E-state index contributed by atoms with van der Waals surface area (Å²) < 4.78 is 26.8. The maximum Gasteiger partial charge on any atom is 0.174 e. The Balaban J connectivity index is 1.67. The number of aromatic nitrogens is 2. The molecule has 0 aliphatic carbocycles. The van der Waals surface area contributed by atoms with Crippen LogP contribution in [0.15, 0.2) is 54.9 Å². The van der Waals surface area contributed by atoms with Crippen molar-refractivity contribution in [1.29, 1.82) is 0 Å². The first-order chi connectivity index (χ1) is 12.6. The van der Waals surface area contributed by atoms with E-state index in [0.717, 1.165) is 23.4 Å². The van der Waals surface area contributed by atoms with Crippen molar-refractivity contribution in [3.8, 4) is 0 Å². The van der Waals surface area contributed by atoms with Gasteiger partial charge in [0, 0.05) is 24.3 Å². The van der Waals surface area contributed by atoms with Crippen LogP contribution in [0, 0.1) is 11.6 Å². The minimum Gasteiger partial charge on any atom is -0.348 e. The first kappa shape index (κ1) is 16.7. The van der Waals surface area contributed by atoms with E-state index in [0.29, 0.717) is 17.3 Å². The quantitative estimate of drug-likeness (QED) is 0.669. The summed E-state index contributed by atoms with van der Waals surface area (Å²) in [7, 11) is 0. The van der Waals surface area contributed by atoms with E-state index in [1.165, 1.54) is 24.3 Å². The van der Waals surface area contributed by atoms with Crippen LogP contribution in [0.3, 0.4) is 0 Å². The summed E-state index contributed by atoms with van der Waals surface area (Å²) >= 11 is 5.59. The Morgan fingerprint density at radius 1 is 1.15 bits per heavy atom. The lowest BCUT2D eigenvalue weighted by Crippen LogP contribution is -2.43. The Labute approximate surface area is 154 Å². The van der Waals surface area contributed by atoms with Gasteiger partial charge in [0.05, 0.1) is 12.0 Å². The molecule has 1 aromatic heterocycles. The van der Waals surface area contributed by atoms with Crippen LogP contribution in [-0.4, -0.2) is 26.5 Å². The smallest absolute Gasteiger partial charge is 0.174 e. The van der Waals surface area contributed by atoms with E-state index >= 15 is 0 Å². The van der Waals surface area contributed by atoms with Crippen molar-refractivity contribution >= 4 is 23.0 Å². The van der Waals surface area contributed by atoms with Gasteiger partial charge in [-0.25, -0.2) is 13.8 Å². The molecule has 2 aromatic carbocycles. The predicted molar refractivity (Wildman–Crippen MR) is 99.9 cm³/mol. The fraction of sp³-hybridized carbons (Fsp3) is 0.158. The number of fused-ring (bicyclic) bond motifs is 1. The van der Waals surface area contributed by atoms with Crippen molar-refractivity contribution in [2.24, 2.45) is 0 Å². The Morgan fingerprint density at radius 3 is 2.73 bits per heavy atom. The largest absolute Gasteiger partial charge is 0.348 e. The summed E-state index contributed by atoms with van der Waals surface area (Å²) in [5.74, 6) is -0.625. The van der Waals surface area contributed by atoms with Crippen molar-refractivity contribution in [2.45, 2.75) is 12.5 Å². The van der Waals surface area contributed by atoms with Gasteiger partial charge in [0.1, 0.15) is 17.7 Å². The van der Waals surface area contributed by atoms with Crippen LogP contribution < -0.4 is 5.32 Å². The lowest BCUT2D eigenvalue weighted by molar-refractivity contribution is 0.336. The Kier molecular flexibility index (Phi) is 4.38. The predicted octanol–water partition coefficient (Wildman–Crippen LogP) is 4.03. The number of H-pyrrole nitrogens is 1. The van der Waals surface area contributed by atoms with E-state index in [1.807, 2.05) is 4.90 Å². The topological polar surface area (TPSA) is 44.0 Å². The van der Waals surface area contributed by atoms with Gasteiger partial charge in [-0.15, -0.1) is 0 Å². The third-order valence-electron chi connectivity index (χ3n) is 4.45. The Hall–Kier alpha value is -2.80. The number of rotatable bonds is 2. The highest BCUT2D eigenvalue weighted by atomic mass is 32.1. The minimum atomic E-state index is -0.332. The SMILES string of the molecule is Fc1ccc(C2c3nc[nH]c3CCN2C(=S)Nc2cccc(F)c2)cc1. The lowest BCUT2D eigenvalue weighted by Gasteiger charge is -2.37. The second kappa shape index (κ2) is 6.84. The molecule has 3 aromatic rings. The molecule has 1 atom stereocenters. The third kappa shape index (κ3) is 3.17. The van der Waals surface area contributed by atoms with Crippen LogP contribution in [0.5, 0.6) is 0 Å². The van der Waals surface area contributed by atoms with Crippen molar-refractivity contribution < 1.29 is 8.78 Å².